The van der Waals surface area contributed by atoms with Crippen molar-refractivity contribution in [3.63, 3.8) is 0 Å². The summed E-state index contributed by atoms with van der Waals surface area (Å²) in [6, 6.07) is 6.31. The van der Waals surface area contributed by atoms with Gasteiger partial charge >= 0.3 is 0 Å². The van der Waals surface area contributed by atoms with Crippen LogP contribution >= 0.6 is 0 Å². The van der Waals surface area contributed by atoms with Crippen molar-refractivity contribution in [2.24, 2.45) is 0 Å². The molecule has 1 heterocycles. The summed E-state index contributed by atoms with van der Waals surface area (Å²) < 4.78 is 31.3. The third kappa shape index (κ3) is 3.52. The summed E-state index contributed by atoms with van der Waals surface area (Å²) in [5, 5.41) is 2.81. The summed E-state index contributed by atoms with van der Waals surface area (Å²) >= 11 is 0. The van der Waals surface area contributed by atoms with Crippen molar-refractivity contribution in [2.75, 3.05) is 14.1 Å². The molecule has 0 spiro atoms. The molecule has 0 saturated heterocycles. The standard InChI is InChI=1S/C17H22N2O4S/c1-11-9-14(10-16(12(11)2)24(21,22)19(4)5)17(20)18-13(3)15-7-6-8-23-15/h6-10,13H,1-5H3,(H,18,20). The van der Waals surface area contributed by atoms with E-state index in [1.54, 1.807) is 39.0 Å². The highest BCUT2D eigenvalue weighted by Gasteiger charge is 2.23. The van der Waals surface area contributed by atoms with Crippen molar-refractivity contribution in [3.8, 4) is 0 Å². The zero-order chi connectivity index (χ0) is 18.1. The van der Waals surface area contributed by atoms with Gasteiger partial charge in [0.2, 0.25) is 10.0 Å². The van der Waals surface area contributed by atoms with E-state index in [-0.39, 0.29) is 16.8 Å². The second-order valence-corrected chi connectivity index (χ2v) is 8.03. The van der Waals surface area contributed by atoms with Crippen molar-refractivity contribution < 1.29 is 17.6 Å². The summed E-state index contributed by atoms with van der Waals surface area (Å²) in [5.41, 5.74) is 1.69. The number of carbonyl (C=O) groups is 1. The van der Waals surface area contributed by atoms with Gasteiger partial charge < -0.3 is 9.73 Å². The number of nitrogens with zero attached hydrogens (tertiary/aromatic N) is 1. The number of sulfonamides is 1. The maximum atomic E-state index is 12.5. The van der Waals surface area contributed by atoms with Gasteiger partial charge in [0.15, 0.2) is 0 Å². The average Bonchev–Trinajstić information content (AvgIpc) is 3.03. The minimum Gasteiger partial charge on any atom is -0.467 e. The molecule has 130 valence electrons. The highest BCUT2D eigenvalue weighted by Crippen LogP contribution is 2.24. The molecule has 6 nitrogen and oxygen atoms in total. The molecule has 1 amide bonds. The molecule has 24 heavy (non-hydrogen) atoms. The summed E-state index contributed by atoms with van der Waals surface area (Å²) in [6.07, 6.45) is 1.54. The van der Waals surface area contributed by atoms with E-state index in [1.165, 1.54) is 26.4 Å². The number of hydrogen-bond donors (Lipinski definition) is 1. The maximum absolute atomic E-state index is 12.5. The fourth-order valence-corrected chi connectivity index (χ4v) is 3.53. The van der Waals surface area contributed by atoms with Crippen molar-refractivity contribution in [1.29, 1.82) is 0 Å². The van der Waals surface area contributed by atoms with Crippen molar-refractivity contribution in [3.05, 3.63) is 53.0 Å². The Morgan fingerprint density at radius 3 is 2.46 bits per heavy atom. The second-order valence-electron chi connectivity index (χ2n) is 5.91. The first-order chi connectivity index (χ1) is 11.1. The molecule has 0 radical (unpaired) electrons. The van der Waals surface area contributed by atoms with E-state index in [2.05, 4.69) is 5.32 Å². The molecule has 1 aromatic carbocycles. The predicted octanol–water partition coefficient (Wildman–Crippen LogP) is 2.64. The molecular formula is C17H22N2O4S. The first kappa shape index (κ1) is 18.2. The number of nitrogens with one attached hydrogen (secondary N) is 1. The molecule has 7 heteroatoms. The van der Waals surface area contributed by atoms with E-state index in [1.807, 2.05) is 0 Å². The van der Waals surface area contributed by atoms with E-state index in [0.29, 0.717) is 16.9 Å². The van der Waals surface area contributed by atoms with Crippen LogP contribution < -0.4 is 5.32 Å². The zero-order valence-electron chi connectivity index (χ0n) is 14.5. The van der Waals surface area contributed by atoms with Crippen LogP contribution in [-0.2, 0) is 10.0 Å². The normalized spacial score (nSPS) is 13.1. The molecule has 0 bridgehead atoms. The Bertz CT molecular complexity index is 840. The number of benzene rings is 1. The lowest BCUT2D eigenvalue weighted by Crippen LogP contribution is -2.28. The maximum Gasteiger partial charge on any atom is 0.251 e. The summed E-state index contributed by atoms with van der Waals surface area (Å²) in [6.45, 7) is 5.32. The molecule has 2 rings (SSSR count). The summed E-state index contributed by atoms with van der Waals surface area (Å²) in [7, 11) is -0.687. The Labute approximate surface area is 142 Å². The number of carbonyl (C=O) groups excluding carboxylic acids is 1. The van der Waals surface area contributed by atoms with E-state index in [4.69, 9.17) is 4.42 Å². The summed E-state index contributed by atoms with van der Waals surface area (Å²) in [4.78, 5) is 12.6. The topological polar surface area (TPSA) is 79.6 Å². The number of furan rings is 1. The van der Waals surface area contributed by atoms with Crippen molar-refractivity contribution in [2.45, 2.75) is 31.7 Å². The van der Waals surface area contributed by atoms with Crippen LogP contribution in [0.5, 0.6) is 0 Å². The van der Waals surface area contributed by atoms with Gasteiger partial charge in [0.05, 0.1) is 17.2 Å². The fourth-order valence-electron chi connectivity index (χ4n) is 2.31. The van der Waals surface area contributed by atoms with Gasteiger partial charge in [-0.05, 0) is 56.2 Å². The lowest BCUT2D eigenvalue weighted by Gasteiger charge is -2.17. The first-order valence-electron chi connectivity index (χ1n) is 7.52. The highest BCUT2D eigenvalue weighted by molar-refractivity contribution is 7.89. The molecule has 0 aliphatic carbocycles. The smallest absolute Gasteiger partial charge is 0.251 e. The van der Waals surface area contributed by atoms with E-state index in [9.17, 15) is 13.2 Å². The SMILES string of the molecule is Cc1cc(C(=O)NC(C)c2ccco2)cc(S(=O)(=O)N(C)C)c1C. The Hall–Kier alpha value is -2.12. The zero-order valence-corrected chi connectivity index (χ0v) is 15.3. The highest BCUT2D eigenvalue weighted by atomic mass is 32.2. The first-order valence-corrected chi connectivity index (χ1v) is 8.96. The van der Waals surface area contributed by atoms with Gasteiger partial charge in [0.1, 0.15) is 5.76 Å². The molecule has 1 N–H and O–H groups in total. The lowest BCUT2D eigenvalue weighted by molar-refractivity contribution is 0.0935. The van der Waals surface area contributed by atoms with Crippen LogP contribution in [0.25, 0.3) is 0 Å². The number of hydrogen-bond acceptors (Lipinski definition) is 4. The molecule has 2 aromatic rings. The van der Waals surface area contributed by atoms with Gasteiger partial charge in [0.25, 0.3) is 5.91 Å². The average molecular weight is 350 g/mol. The minimum absolute atomic E-state index is 0.142. The van der Waals surface area contributed by atoms with E-state index < -0.39 is 10.0 Å². The Morgan fingerprint density at radius 1 is 1.25 bits per heavy atom. The van der Waals surface area contributed by atoms with Crippen LogP contribution in [0.3, 0.4) is 0 Å². The van der Waals surface area contributed by atoms with Gasteiger partial charge in [-0.15, -0.1) is 0 Å². The molecule has 0 saturated carbocycles. The number of amides is 1. The van der Waals surface area contributed by atoms with Crippen LogP contribution in [0, 0.1) is 13.8 Å². The molecule has 0 aliphatic rings. The fraction of sp³-hybridized carbons (Fsp3) is 0.353. The lowest BCUT2D eigenvalue weighted by atomic mass is 10.1. The van der Waals surface area contributed by atoms with Crippen molar-refractivity contribution in [1.82, 2.24) is 9.62 Å². The number of aryl methyl sites for hydroxylation is 1. The van der Waals surface area contributed by atoms with Crippen LogP contribution in [0.1, 0.15) is 40.2 Å². The van der Waals surface area contributed by atoms with Gasteiger partial charge in [-0.3, -0.25) is 4.79 Å². The van der Waals surface area contributed by atoms with E-state index in [0.717, 1.165) is 9.87 Å². The van der Waals surface area contributed by atoms with E-state index >= 15 is 0 Å². The van der Waals surface area contributed by atoms with Crippen LogP contribution in [0.15, 0.2) is 39.8 Å². The molecular weight excluding hydrogens is 328 g/mol. The third-order valence-corrected chi connectivity index (χ3v) is 5.90. The second kappa shape index (κ2) is 6.78. The monoisotopic (exact) mass is 350 g/mol. The van der Waals surface area contributed by atoms with Crippen LogP contribution in [0.2, 0.25) is 0 Å². The molecule has 0 fully saturated rings. The predicted molar refractivity (Wildman–Crippen MR) is 91.4 cm³/mol. The molecule has 1 unspecified atom stereocenters. The largest absolute Gasteiger partial charge is 0.467 e. The van der Waals surface area contributed by atoms with Crippen molar-refractivity contribution >= 4 is 15.9 Å². The Kier molecular flexibility index (Phi) is 5.15. The van der Waals surface area contributed by atoms with Gasteiger partial charge in [-0.25, -0.2) is 12.7 Å². The molecule has 1 aromatic heterocycles. The van der Waals surface area contributed by atoms with Crippen LogP contribution in [-0.4, -0.2) is 32.7 Å². The third-order valence-electron chi connectivity index (χ3n) is 3.96. The minimum atomic E-state index is -3.62. The molecule has 1 atom stereocenters. The molecule has 0 aliphatic heterocycles. The van der Waals surface area contributed by atoms with Crippen LogP contribution in [0.4, 0.5) is 0 Å². The summed E-state index contributed by atoms with van der Waals surface area (Å²) in [5.74, 6) is 0.283. The van der Waals surface area contributed by atoms with Gasteiger partial charge in [-0.2, -0.15) is 0 Å². The number of rotatable bonds is 5. The Balaban J connectivity index is 2.38. The quantitative estimate of drug-likeness (QED) is 0.899. The Morgan fingerprint density at radius 2 is 1.92 bits per heavy atom. The van der Waals surface area contributed by atoms with Gasteiger partial charge in [0, 0.05) is 19.7 Å². The van der Waals surface area contributed by atoms with Gasteiger partial charge in [-0.1, -0.05) is 0 Å².